The molecule has 0 unspecified atom stereocenters. The summed E-state index contributed by atoms with van der Waals surface area (Å²) in [7, 11) is -2.57. The third kappa shape index (κ3) is 3.97. The highest BCUT2D eigenvalue weighted by atomic mass is 32.2. The van der Waals surface area contributed by atoms with Crippen LogP contribution >= 0.6 is 0 Å². The van der Waals surface area contributed by atoms with Gasteiger partial charge >= 0.3 is 6.18 Å². The first-order chi connectivity index (χ1) is 9.10. The molecule has 0 heterocycles. The van der Waals surface area contributed by atoms with Crippen molar-refractivity contribution >= 4 is 10.1 Å². The van der Waals surface area contributed by atoms with Gasteiger partial charge < -0.3 is 9.47 Å². The average molecular weight is 318 g/mol. The van der Waals surface area contributed by atoms with E-state index in [1.165, 1.54) is 7.11 Å². The lowest BCUT2D eigenvalue weighted by atomic mass is 10.3. The molecule has 10 heteroatoms. The number of alkyl halides is 3. The number of ether oxygens (including phenoxy) is 2. The summed E-state index contributed by atoms with van der Waals surface area (Å²) in [6.07, 6.45) is -4.86. The summed E-state index contributed by atoms with van der Waals surface area (Å²) in [5.74, 6) is -1.59. The minimum atomic E-state index is -4.91. The second kappa shape index (κ2) is 5.83. The Kier molecular flexibility index (Phi) is 4.81. The molecule has 1 aromatic rings. The topological polar surface area (TPSA) is 61.8 Å². The van der Waals surface area contributed by atoms with E-state index in [0.717, 1.165) is 7.11 Å². The van der Waals surface area contributed by atoms with Crippen LogP contribution in [0.2, 0.25) is 0 Å². The summed E-state index contributed by atoms with van der Waals surface area (Å²) in [6, 6.07) is 1.35. The van der Waals surface area contributed by atoms with E-state index in [1.54, 1.807) is 0 Å². The summed E-state index contributed by atoms with van der Waals surface area (Å²) in [4.78, 5) is -1.07. The van der Waals surface area contributed by atoms with Crippen LogP contribution in [0.3, 0.4) is 0 Å². The van der Waals surface area contributed by atoms with Crippen molar-refractivity contribution in [3.63, 3.8) is 0 Å². The molecule has 0 bridgehead atoms. The van der Waals surface area contributed by atoms with Crippen LogP contribution < -0.4 is 9.47 Å². The summed E-state index contributed by atoms with van der Waals surface area (Å²) in [5, 5.41) is 0. The van der Waals surface area contributed by atoms with Crippen molar-refractivity contribution in [2.75, 3.05) is 20.8 Å². The largest absolute Gasteiger partial charge is 0.493 e. The molecule has 0 atom stereocenters. The van der Waals surface area contributed by atoms with Gasteiger partial charge in [0.05, 0.1) is 14.2 Å². The SMILES string of the molecule is COc1cc(F)c(S(=O)(=O)OCC(F)(F)F)cc1OC. The molecule has 0 aliphatic heterocycles. The fourth-order valence-corrected chi connectivity index (χ4v) is 2.20. The molecule has 0 fully saturated rings. The lowest BCUT2D eigenvalue weighted by Crippen LogP contribution is -2.21. The molecule has 0 radical (unpaired) electrons. The van der Waals surface area contributed by atoms with E-state index in [9.17, 15) is 26.0 Å². The summed E-state index contributed by atoms with van der Waals surface area (Å²) < 4.78 is 85.6. The first-order valence-electron chi connectivity index (χ1n) is 4.98. The molecule has 0 N–H and O–H groups in total. The number of methoxy groups -OCH3 is 2. The predicted octanol–water partition coefficient (Wildman–Crippen LogP) is 2.11. The smallest absolute Gasteiger partial charge is 0.413 e. The van der Waals surface area contributed by atoms with Crippen LogP contribution in [-0.4, -0.2) is 35.4 Å². The Morgan fingerprint density at radius 3 is 2.05 bits per heavy atom. The summed E-state index contributed by atoms with van der Waals surface area (Å²) in [5.41, 5.74) is 0. The van der Waals surface area contributed by atoms with Gasteiger partial charge in [-0.15, -0.1) is 0 Å². The Hall–Kier alpha value is -1.55. The first kappa shape index (κ1) is 16.5. The van der Waals surface area contributed by atoms with Crippen molar-refractivity contribution < 1.29 is 39.6 Å². The number of rotatable bonds is 5. The minimum Gasteiger partial charge on any atom is -0.493 e. The standard InChI is InChI=1S/C10H10F4O5S/c1-17-7-3-6(11)9(4-8(7)18-2)20(15,16)19-5-10(12,13)14/h3-4H,5H2,1-2H3. The van der Waals surface area contributed by atoms with Gasteiger partial charge in [0.2, 0.25) is 0 Å². The zero-order chi connectivity index (χ0) is 15.6. The molecule has 1 rings (SSSR count). The molecular weight excluding hydrogens is 308 g/mol. The number of hydrogen-bond acceptors (Lipinski definition) is 5. The second-order valence-corrected chi connectivity index (χ2v) is 5.05. The van der Waals surface area contributed by atoms with Crippen LogP contribution in [0.1, 0.15) is 0 Å². The summed E-state index contributed by atoms with van der Waals surface area (Å²) >= 11 is 0. The van der Waals surface area contributed by atoms with Crippen molar-refractivity contribution in [3.8, 4) is 11.5 Å². The molecule has 0 saturated carbocycles. The molecule has 5 nitrogen and oxygen atoms in total. The normalized spacial score (nSPS) is 12.3. The Morgan fingerprint density at radius 2 is 1.60 bits per heavy atom. The van der Waals surface area contributed by atoms with E-state index >= 15 is 0 Å². The van der Waals surface area contributed by atoms with E-state index in [0.29, 0.717) is 12.1 Å². The lowest BCUT2D eigenvalue weighted by Gasteiger charge is -2.12. The monoisotopic (exact) mass is 318 g/mol. The van der Waals surface area contributed by atoms with Crippen molar-refractivity contribution in [2.24, 2.45) is 0 Å². The lowest BCUT2D eigenvalue weighted by molar-refractivity contribution is -0.152. The van der Waals surface area contributed by atoms with Gasteiger partial charge in [0, 0.05) is 12.1 Å². The molecule has 114 valence electrons. The van der Waals surface area contributed by atoms with Gasteiger partial charge in [0.15, 0.2) is 18.1 Å². The Bertz CT molecular complexity index is 582. The fraction of sp³-hybridized carbons (Fsp3) is 0.400. The molecule has 20 heavy (non-hydrogen) atoms. The van der Waals surface area contributed by atoms with Crippen molar-refractivity contribution in [1.29, 1.82) is 0 Å². The molecule has 0 aliphatic carbocycles. The fourth-order valence-electron chi connectivity index (χ4n) is 1.23. The van der Waals surface area contributed by atoms with Crippen LogP contribution in [0.5, 0.6) is 11.5 Å². The molecule has 0 aliphatic rings. The van der Waals surface area contributed by atoms with Gasteiger partial charge in [-0.2, -0.15) is 21.6 Å². The van der Waals surface area contributed by atoms with Crippen LogP contribution in [0.15, 0.2) is 17.0 Å². The van der Waals surface area contributed by atoms with E-state index in [4.69, 9.17) is 9.47 Å². The second-order valence-electron chi connectivity index (χ2n) is 3.47. The quantitative estimate of drug-likeness (QED) is 0.615. The van der Waals surface area contributed by atoms with Gasteiger partial charge in [0.1, 0.15) is 10.7 Å². The van der Waals surface area contributed by atoms with E-state index in [-0.39, 0.29) is 11.5 Å². The predicted molar refractivity (Wildman–Crippen MR) is 58.7 cm³/mol. The Balaban J connectivity index is 3.18. The van der Waals surface area contributed by atoms with Crippen molar-refractivity contribution in [3.05, 3.63) is 17.9 Å². The van der Waals surface area contributed by atoms with E-state index < -0.39 is 33.6 Å². The maximum Gasteiger partial charge on any atom is 0.413 e. The van der Waals surface area contributed by atoms with Crippen molar-refractivity contribution in [1.82, 2.24) is 0 Å². The van der Waals surface area contributed by atoms with Gasteiger partial charge in [-0.25, -0.2) is 4.39 Å². The summed E-state index contributed by atoms with van der Waals surface area (Å²) in [6.45, 7) is -2.05. The number of benzene rings is 1. The third-order valence-corrected chi connectivity index (χ3v) is 3.36. The highest BCUT2D eigenvalue weighted by Gasteiger charge is 2.33. The Morgan fingerprint density at radius 1 is 1.10 bits per heavy atom. The molecular formula is C10H10F4O5S. The average Bonchev–Trinajstić information content (AvgIpc) is 2.35. The molecule has 1 aromatic carbocycles. The minimum absolute atomic E-state index is 0.111. The van der Waals surface area contributed by atoms with Gasteiger partial charge in [0.25, 0.3) is 10.1 Å². The van der Waals surface area contributed by atoms with Crippen LogP contribution in [0, 0.1) is 5.82 Å². The zero-order valence-electron chi connectivity index (χ0n) is 10.3. The van der Waals surface area contributed by atoms with Gasteiger partial charge in [-0.05, 0) is 0 Å². The van der Waals surface area contributed by atoms with Crippen LogP contribution in [0.25, 0.3) is 0 Å². The maximum atomic E-state index is 13.6. The van der Waals surface area contributed by atoms with Crippen molar-refractivity contribution in [2.45, 2.75) is 11.1 Å². The maximum absolute atomic E-state index is 13.6. The molecule has 0 saturated heterocycles. The third-order valence-electron chi connectivity index (χ3n) is 2.09. The van der Waals surface area contributed by atoms with E-state index in [1.807, 2.05) is 0 Å². The molecule has 0 aromatic heterocycles. The van der Waals surface area contributed by atoms with E-state index in [2.05, 4.69) is 4.18 Å². The molecule has 0 amide bonds. The number of hydrogen-bond donors (Lipinski definition) is 0. The van der Waals surface area contributed by atoms with Crippen LogP contribution in [-0.2, 0) is 14.3 Å². The van der Waals surface area contributed by atoms with Crippen LogP contribution in [0.4, 0.5) is 17.6 Å². The highest BCUT2D eigenvalue weighted by molar-refractivity contribution is 7.86. The number of halogens is 4. The Labute approximate surface area is 112 Å². The zero-order valence-corrected chi connectivity index (χ0v) is 11.1. The van der Waals surface area contributed by atoms with Gasteiger partial charge in [-0.3, -0.25) is 4.18 Å². The first-order valence-corrected chi connectivity index (χ1v) is 6.39. The van der Waals surface area contributed by atoms with Gasteiger partial charge in [-0.1, -0.05) is 0 Å². The molecule has 0 spiro atoms. The highest BCUT2D eigenvalue weighted by Crippen LogP contribution is 2.33.